The summed E-state index contributed by atoms with van der Waals surface area (Å²) in [6.07, 6.45) is 0.454. The molecule has 0 saturated carbocycles. The summed E-state index contributed by atoms with van der Waals surface area (Å²) < 4.78 is 26.5. The van der Waals surface area contributed by atoms with Crippen LogP contribution in [0.1, 0.15) is 15.9 Å². The largest absolute Gasteiger partial charge is 0.352 e. The SMILES string of the molecule is O=C(NCCc1cccc(F)c1)c1c(F)cccc1Cl. The van der Waals surface area contributed by atoms with E-state index in [4.69, 9.17) is 11.6 Å². The van der Waals surface area contributed by atoms with Gasteiger partial charge in [0.1, 0.15) is 11.6 Å². The number of nitrogens with one attached hydrogen (secondary N) is 1. The number of hydrogen-bond donors (Lipinski definition) is 1. The van der Waals surface area contributed by atoms with Crippen molar-refractivity contribution >= 4 is 17.5 Å². The minimum atomic E-state index is -0.666. The molecule has 5 heteroatoms. The van der Waals surface area contributed by atoms with Crippen molar-refractivity contribution in [2.75, 3.05) is 6.54 Å². The van der Waals surface area contributed by atoms with E-state index in [-0.39, 0.29) is 22.9 Å². The van der Waals surface area contributed by atoms with Crippen molar-refractivity contribution in [2.45, 2.75) is 6.42 Å². The topological polar surface area (TPSA) is 29.1 Å². The first-order valence-electron chi connectivity index (χ1n) is 6.04. The number of hydrogen-bond acceptors (Lipinski definition) is 1. The highest BCUT2D eigenvalue weighted by Gasteiger charge is 2.14. The van der Waals surface area contributed by atoms with E-state index in [0.717, 1.165) is 5.56 Å². The summed E-state index contributed by atoms with van der Waals surface area (Å²) in [5.41, 5.74) is 0.582. The van der Waals surface area contributed by atoms with Gasteiger partial charge in [-0.15, -0.1) is 0 Å². The van der Waals surface area contributed by atoms with Gasteiger partial charge in [0.05, 0.1) is 10.6 Å². The van der Waals surface area contributed by atoms with E-state index in [0.29, 0.717) is 6.42 Å². The zero-order valence-corrected chi connectivity index (χ0v) is 11.3. The van der Waals surface area contributed by atoms with Crippen LogP contribution in [-0.2, 0) is 6.42 Å². The van der Waals surface area contributed by atoms with Gasteiger partial charge in [-0.2, -0.15) is 0 Å². The average molecular weight is 296 g/mol. The number of rotatable bonds is 4. The maximum atomic E-state index is 13.5. The molecule has 0 aliphatic heterocycles. The van der Waals surface area contributed by atoms with Gasteiger partial charge in [0.25, 0.3) is 5.91 Å². The quantitative estimate of drug-likeness (QED) is 0.917. The fourth-order valence-corrected chi connectivity index (χ4v) is 2.06. The van der Waals surface area contributed by atoms with Gasteiger partial charge < -0.3 is 5.32 Å². The predicted molar refractivity (Wildman–Crippen MR) is 73.8 cm³/mol. The number of carbonyl (C=O) groups is 1. The van der Waals surface area contributed by atoms with Crippen LogP contribution < -0.4 is 5.32 Å². The molecule has 2 aromatic carbocycles. The minimum Gasteiger partial charge on any atom is -0.352 e. The Balaban J connectivity index is 1.96. The van der Waals surface area contributed by atoms with Crippen LogP contribution in [-0.4, -0.2) is 12.5 Å². The Hall–Kier alpha value is -1.94. The molecular formula is C15H12ClF2NO. The third-order valence-electron chi connectivity index (χ3n) is 2.78. The Kier molecular flexibility index (Phi) is 4.69. The van der Waals surface area contributed by atoms with Crippen LogP contribution in [0.3, 0.4) is 0 Å². The Morgan fingerprint density at radius 1 is 1.15 bits per heavy atom. The molecule has 1 N–H and O–H groups in total. The van der Waals surface area contributed by atoms with Crippen molar-refractivity contribution in [3.63, 3.8) is 0 Å². The molecule has 0 atom stereocenters. The van der Waals surface area contributed by atoms with E-state index in [1.54, 1.807) is 12.1 Å². The standard InChI is InChI=1S/C15H12ClF2NO/c16-12-5-2-6-13(18)14(12)15(20)19-8-7-10-3-1-4-11(17)9-10/h1-6,9H,7-8H2,(H,19,20). The first-order valence-corrected chi connectivity index (χ1v) is 6.42. The van der Waals surface area contributed by atoms with E-state index >= 15 is 0 Å². The maximum absolute atomic E-state index is 13.5. The first kappa shape index (κ1) is 14.5. The van der Waals surface area contributed by atoms with Crippen molar-refractivity contribution < 1.29 is 13.6 Å². The molecule has 0 bridgehead atoms. The molecular weight excluding hydrogens is 284 g/mol. The summed E-state index contributed by atoms with van der Waals surface area (Å²) in [7, 11) is 0. The lowest BCUT2D eigenvalue weighted by atomic mass is 10.1. The lowest BCUT2D eigenvalue weighted by Gasteiger charge is -2.07. The number of carbonyl (C=O) groups excluding carboxylic acids is 1. The second kappa shape index (κ2) is 6.48. The van der Waals surface area contributed by atoms with E-state index in [9.17, 15) is 13.6 Å². The molecule has 104 valence electrons. The monoisotopic (exact) mass is 295 g/mol. The van der Waals surface area contributed by atoms with Gasteiger partial charge in [0, 0.05) is 6.54 Å². The number of halogens is 3. The van der Waals surface area contributed by atoms with Crippen molar-refractivity contribution in [3.8, 4) is 0 Å². The molecule has 2 aromatic rings. The van der Waals surface area contributed by atoms with Gasteiger partial charge in [-0.05, 0) is 36.2 Å². The summed E-state index contributed by atoms with van der Waals surface area (Å²) >= 11 is 5.79. The lowest BCUT2D eigenvalue weighted by molar-refractivity contribution is 0.0950. The van der Waals surface area contributed by atoms with Gasteiger partial charge in [-0.1, -0.05) is 29.8 Å². The van der Waals surface area contributed by atoms with Crippen LogP contribution in [0, 0.1) is 11.6 Å². The molecule has 0 unspecified atom stereocenters. The fraction of sp³-hybridized carbons (Fsp3) is 0.133. The van der Waals surface area contributed by atoms with Gasteiger partial charge in [-0.3, -0.25) is 4.79 Å². The average Bonchev–Trinajstić information content (AvgIpc) is 2.38. The zero-order chi connectivity index (χ0) is 14.5. The highest BCUT2D eigenvalue weighted by Crippen LogP contribution is 2.18. The summed E-state index contributed by atoms with van der Waals surface area (Å²) in [6.45, 7) is 0.271. The van der Waals surface area contributed by atoms with Crippen LogP contribution in [0.2, 0.25) is 5.02 Å². The summed E-state index contributed by atoms with van der Waals surface area (Å²) in [5, 5.41) is 2.63. The van der Waals surface area contributed by atoms with Crippen LogP contribution in [0.15, 0.2) is 42.5 Å². The fourth-order valence-electron chi connectivity index (χ4n) is 1.82. The molecule has 0 aliphatic rings. The van der Waals surface area contributed by atoms with E-state index in [2.05, 4.69) is 5.32 Å². The Morgan fingerprint density at radius 3 is 2.60 bits per heavy atom. The van der Waals surface area contributed by atoms with Crippen LogP contribution in [0.4, 0.5) is 8.78 Å². The second-order valence-corrected chi connectivity index (χ2v) is 4.64. The van der Waals surface area contributed by atoms with Crippen molar-refractivity contribution in [3.05, 3.63) is 70.2 Å². The first-order chi connectivity index (χ1) is 9.58. The molecule has 1 amide bonds. The molecule has 0 saturated heterocycles. The predicted octanol–water partition coefficient (Wildman–Crippen LogP) is 3.59. The van der Waals surface area contributed by atoms with Gasteiger partial charge in [0.2, 0.25) is 0 Å². The number of amides is 1. The van der Waals surface area contributed by atoms with Crippen molar-refractivity contribution in [2.24, 2.45) is 0 Å². The summed E-state index contributed by atoms with van der Waals surface area (Å²) in [6, 6.07) is 10.1. The molecule has 2 rings (SSSR count). The molecule has 0 fully saturated rings. The molecule has 0 aromatic heterocycles. The molecule has 0 aliphatic carbocycles. The third-order valence-corrected chi connectivity index (χ3v) is 3.09. The second-order valence-electron chi connectivity index (χ2n) is 4.23. The lowest BCUT2D eigenvalue weighted by Crippen LogP contribution is -2.26. The molecule has 20 heavy (non-hydrogen) atoms. The normalized spacial score (nSPS) is 10.3. The Morgan fingerprint density at radius 2 is 1.90 bits per heavy atom. The van der Waals surface area contributed by atoms with Crippen molar-refractivity contribution in [1.82, 2.24) is 5.32 Å². The van der Waals surface area contributed by atoms with Gasteiger partial charge in [0.15, 0.2) is 0 Å². The van der Waals surface area contributed by atoms with Crippen LogP contribution in [0.5, 0.6) is 0 Å². The smallest absolute Gasteiger partial charge is 0.255 e. The van der Waals surface area contributed by atoms with Crippen LogP contribution >= 0.6 is 11.6 Å². The molecule has 0 heterocycles. The highest BCUT2D eigenvalue weighted by molar-refractivity contribution is 6.33. The van der Waals surface area contributed by atoms with E-state index in [1.165, 1.54) is 30.3 Å². The third kappa shape index (κ3) is 3.54. The molecule has 0 radical (unpaired) electrons. The van der Waals surface area contributed by atoms with Crippen LogP contribution in [0.25, 0.3) is 0 Å². The van der Waals surface area contributed by atoms with Crippen molar-refractivity contribution in [1.29, 1.82) is 0 Å². The summed E-state index contributed by atoms with van der Waals surface area (Å²) in [5.74, 6) is -1.57. The zero-order valence-electron chi connectivity index (χ0n) is 10.5. The Labute approximate surface area is 120 Å². The minimum absolute atomic E-state index is 0.0632. The summed E-state index contributed by atoms with van der Waals surface area (Å²) in [4.78, 5) is 11.8. The maximum Gasteiger partial charge on any atom is 0.255 e. The van der Waals surface area contributed by atoms with E-state index in [1.807, 2.05) is 0 Å². The van der Waals surface area contributed by atoms with Gasteiger partial charge >= 0.3 is 0 Å². The van der Waals surface area contributed by atoms with E-state index < -0.39 is 11.7 Å². The van der Waals surface area contributed by atoms with Gasteiger partial charge in [-0.25, -0.2) is 8.78 Å². The highest BCUT2D eigenvalue weighted by atomic mass is 35.5. The number of benzene rings is 2. The molecule has 2 nitrogen and oxygen atoms in total. The molecule has 0 spiro atoms. The Bertz CT molecular complexity index is 611.